The van der Waals surface area contributed by atoms with Crippen LogP contribution in [0, 0.1) is 5.41 Å². The molecular weight excluding hydrogens is 276 g/mol. The molecule has 2 aliphatic rings. The lowest BCUT2D eigenvalue weighted by Crippen LogP contribution is -2.48. The lowest BCUT2D eigenvalue weighted by molar-refractivity contribution is -0.138. The molecule has 1 N–H and O–H groups in total. The lowest BCUT2D eigenvalue weighted by Gasteiger charge is -2.37. The van der Waals surface area contributed by atoms with Gasteiger partial charge in [-0.15, -0.1) is 0 Å². The number of rotatable bonds is 3. The van der Waals surface area contributed by atoms with Crippen molar-refractivity contribution in [3.8, 4) is 5.75 Å². The second-order valence-electron chi connectivity index (χ2n) is 6.78. The molecule has 1 amide bonds. The summed E-state index contributed by atoms with van der Waals surface area (Å²) in [6, 6.07) is 8.40. The van der Waals surface area contributed by atoms with Gasteiger partial charge in [0.1, 0.15) is 5.75 Å². The summed E-state index contributed by atoms with van der Waals surface area (Å²) in [5.41, 5.74) is 0.863. The third-order valence-corrected chi connectivity index (χ3v) is 5.29. The smallest absolute Gasteiger partial charge is 0.231 e. The molecule has 0 unspecified atom stereocenters. The van der Waals surface area contributed by atoms with Crippen molar-refractivity contribution in [3.05, 3.63) is 29.8 Å². The van der Waals surface area contributed by atoms with Crippen molar-refractivity contribution < 1.29 is 9.53 Å². The van der Waals surface area contributed by atoms with Gasteiger partial charge in [0, 0.05) is 30.6 Å². The second kappa shape index (κ2) is 5.92. The molecule has 0 saturated carbocycles. The van der Waals surface area contributed by atoms with Gasteiger partial charge in [0.15, 0.2) is 0 Å². The summed E-state index contributed by atoms with van der Waals surface area (Å²) in [6.45, 7) is 6.78. The number of para-hydroxylation sites is 1. The fraction of sp³-hybridized carbons (Fsp3) is 0.611. The Morgan fingerprint density at radius 1 is 1.36 bits per heavy atom. The summed E-state index contributed by atoms with van der Waals surface area (Å²) in [7, 11) is 1.71. The normalized spacial score (nSPS) is 28.6. The topological polar surface area (TPSA) is 41.6 Å². The molecule has 2 heterocycles. The number of methoxy groups -OCH3 is 1. The number of carbonyl (C=O) groups excluding carboxylic acids is 1. The van der Waals surface area contributed by atoms with Gasteiger partial charge in [-0.3, -0.25) is 4.79 Å². The standard InChI is InChI=1S/C18H26N2O2/c1-13(2)20-11-15(14-7-4-5-8-16(14)22-3)18(17(20)21)9-6-10-19-12-18/h4-5,7-8,13,15,19H,6,9-12H2,1-3H3/t15-,18+/m0/s1. The maximum absolute atomic E-state index is 13.2. The number of nitrogens with one attached hydrogen (secondary N) is 1. The van der Waals surface area contributed by atoms with E-state index in [4.69, 9.17) is 4.74 Å². The molecule has 1 aromatic rings. The number of hydrogen-bond acceptors (Lipinski definition) is 3. The average molecular weight is 302 g/mol. The maximum Gasteiger partial charge on any atom is 0.231 e. The first kappa shape index (κ1) is 15.3. The molecule has 120 valence electrons. The molecule has 0 aromatic heterocycles. The van der Waals surface area contributed by atoms with Crippen LogP contribution in [0.25, 0.3) is 0 Å². The van der Waals surface area contributed by atoms with E-state index in [0.29, 0.717) is 5.91 Å². The minimum atomic E-state index is -0.308. The monoisotopic (exact) mass is 302 g/mol. The fourth-order valence-electron chi connectivity index (χ4n) is 4.09. The van der Waals surface area contributed by atoms with Gasteiger partial charge < -0.3 is 15.0 Å². The number of hydrogen-bond donors (Lipinski definition) is 1. The number of likely N-dealkylation sites (tertiary alicyclic amines) is 1. The lowest BCUT2D eigenvalue weighted by atomic mass is 9.69. The van der Waals surface area contributed by atoms with Crippen LogP contribution in [0.4, 0.5) is 0 Å². The van der Waals surface area contributed by atoms with E-state index in [0.717, 1.165) is 38.2 Å². The minimum Gasteiger partial charge on any atom is -0.496 e. The van der Waals surface area contributed by atoms with Crippen LogP contribution in [0.15, 0.2) is 24.3 Å². The largest absolute Gasteiger partial charge is 0.496 e. The first-order valence-corrected chi connectivity index (χ1v) is 8.25. The average Bonchev–Trinajstić information content (AvgIpc) is 2.81. The number of amides is 1. The predicted molar refractivity (Wildman–Crippen MR) is 87.1 cm³/mol. The molecule has 1 spiro atoms. The molecule has 2 aliphatic heterocycles. The summed E-state index contributed by atoms with van der Waals surface area (Å²) < 4.78 is 5.57. The van der Waals surface area contributed by atoms with E-state index >= 15 is 0 Å². The van der Waals surface area contributed by atoms with E-state index in [1.165, 1.54) is 5.56 Å². The van der Waals surface area contributed by atoms with Crippen molar-refractivity contribution in [1.29, 1.82) is 0 Å². The number of ether oxygens (including phenoxy) is 1. The highest BCUT2D eigenvalue weighted by Crippen LogP contribution is 2.50. The van der Waals surface area contributed by atoms with Gasteiger partial charge in [0.2, 0.25) is 5.91 Å². The van der Waals surface area contributed by atoms with Crippen LogP contribution in [0.3, 0.4) is 0 Å². The summed E-state index contributed by atoms with van der Waals surface area (Å²) in [5.74, 6) is 1.41. The summed E-state index contributed by atoms with van der Waals surface area (Å²) in [4.78, 5) is 15.2. The maximum atomic E-state index is 13.2. The quantitative estimate of drug-likeness (QED) is 0.932. The summed E-state index contributed by atoms with van der Waals surface area (Å²) in [5, 5.41) is 3.46. The molecular formula is C18H26N2O2. The van der Waals surface area contributed by atoms with Crippen molar-refractivity contribution in [2.24, 2.45) is 5.41 Å². The van der Waals surface area contributed by atoms with Crippen molar-refractivity contribution >= 4 is 5.91 Å². The van der Waals surface area contributed by atoms with Crippen molar-refractivity contribution in [1.82, 2.24) is 10.2 Å². The SMILES string of the molecule is COc1ccccc1[C@@H]1CN(C(C)C)C(=O)[C@@]12CCCNC2. The van der Waals surface area contributed by atoms with E-state index < -0.39 is 0 Å². The molecule has 4 heteroatoms. The van der Waals surface area contributed by atoms with Crippen LogP contribution < -0.4 is 10.1 Å². The van der Waals surface area contributed by atoms with Crippen LogP contribution in [0.2, 0.25) is 0 Å². The number of piperidine rings is 1. The Kier molecular flexibility index (Phi) is 4.13. The third-order valence-electron chi connectivity index (χ3n) is 5.29. The van der Waals surface area contributed by atoms with Crippen LogP contribution in [-0.2, 0) is 4.79 Å². The van der Waals surface area contributed by atoms with E-state index in [-0.39, 0.29) is 17.4 Å². The minimum absolute atomic E-state index is 0.200. The Balaban J connectivity index is 2.05. The first-order chi connectivity index (χ1) is 10.6. The third kappa shape index (κ3) is 2.30. The van der Waals surface area contributed by atoms with E-state index in [9.17, 15) is 4.79 Å². The van der Waals surface area contributed by atoms with E-state index in [1.807, 2.05) is 23.1 Å². The molecule has 2 saturated heterocycles. The highest BCUT2D eigenvalue weighted by molar-refractivity contribution is 5.87. The summed E-state index contributed by atoms with van der Waals surface area (Å²) in [6.07, 6.45) is 2.02. The zero-order chi connectivity index (χ0) is 15.7. The van der Waals surface area contributed by atoms with Crippen molar-refractivity contribution in [3.63, 3.8) is 0 Å². The highest BCUT2D eigenvalue weighted by atomic mass is 16.5. The van der Waals surface area contributed by atoms with Crippen LogP contribution in [0.5, 0.6) is 5.75 Å². The van der Waals surface area contributed by atoms with Gasteiger partial charge in [0.05, 0.1) is 12.5 Å². The van der Waals surface area contributed by atoms with Crippen molar-refractivity contribution in [2.45, 2.75) is 38.6 Å². The predicted octanol–water partition coefficient (Wildman–Crippen LogP) is 2.40. The zero-order valence-electron chi connectivity index (χ0n) is 13.8. The Labute approximate surface area is 132 Å². The number of nitrogens with zero attached hydrogens (tertiary/aromatic N) is 1. The molecule has 2 fully saturated rings. The molecule has 22 heavy (non-hydrogen) atoms. The molecule has 1 aromatic carbocycles. The molecule has 2 atom stereocenters. The molecule has 0 bridgehead atoms. The van der Waals surface area contributed by atoms with Crippen LogP contribution in [-0.4, -0.2) is 43.6 Å². The highest BCUT2D eigenvalue weighted by Gasteiger charge is 2.55. The molecule has 0 aliphatic carbocycles. The molecule has 0 radical (unpaired) electrons. The zero-order valence-corrected chi connectivity index (χ0v) is 13.8. The molecule has 4 nitrogen and oxygen atoms in total. The van der Waals surface area contributed by atoms with Gasteiger partial charge >= 0.3 is 0 Å². The Morgan fingerprint density at radius 3 is 2.77 bits per heavy atom. The van der Waals surface area contributed by atoms with Gasteiger partial charge in [0.25, 0.3) is 0 Å². The van der Waals surface area contributed by atoms with E-state index in [1.54, 1.807) is 7.11 Å². The number of carbonyl (C=O) groups is 1. The van der Waals surface area contributed by atoms with Crippen LogP contribution >= 0.6 is 0 Å². The van der Waals surface area contributed by atoms with Gasteiger partial charge in [-0.2, -0.15) is 0 Å². The molecule has 3 rings (SSSR count). The number of benzene rings is 1. The second-order valence-corrected chi connectivity index (χ2v) is 6.78. The Morgan fingerprint density at radius 2 is 2.14 bits per heavy atom. The van der Waals surface area contributed by atoms with E-state index in [2.05, 4.69) is 25.2 Å². The fourth-order valence-corrected chi connectivity index (χ4v) is 4.09. The van der Waals surface area contributed by atoms with Gasteiger partial charge in [-0.05, 0) is 39.3 Å². The van der Waals surface area contributed by atoms with Crippen molar-refractivity contribution in [2.75, 3.05) is 26.7 Å². The van der Waals surface area contributed by atoms with Gasteiger partial charge in [-0.1, -0.05) is 18.2 Å². The Bertz CT molecular complexity index is 550. The Hall–Kier alpha value is -1.55. The van der Waals surface area contributed by atoms with Gasteiger partial charge in [-0.25, -0.2) is 0 Å². The first-order valence-electron chi connectivity index (χ1n) is 8.25. The van der Waals surface area contributed by atoms with Crippen LogP contribution in [0.1, 0.15) is 38.2 Å². The summed E-state index contributed by atoms with van der Waals surface area (Å²) >= 11 is 0.